The highest BCUT2D eigenvalue weighted by molar-refractivity contribution is 7.99. The van der Waals surface area contributed by atoms with Crippen molar-refractivity contribution in [2.45, 2.75) is 69.4 Å². The summed E-state index contributed by atoms with van der Waals surface area (Å²) in [5.41, 5.74) is 3.56. The molecule has 1 saturated heterocycles. The minimum atomic E-state index is -0.248. The van der Waals surface area contributed by atoms with Crippen LogP contribution in [0.3, 0.4) is 0 Å². The zero-order valence-electron chi connectivity index (χ0n) is 22.4. The Labute approximate surface area is 223 Å². The Kier molecular flexibility index (Phi) is 9.08. The number of benzene rings is 1. The number of hydrogen-bond donors (Lipinski definition) is 0. The van der Waals surface area contributed by atoms with Gasteiger partial charge in [0.05, 0.1) is 37.3 Å². The summed E-state index contributed by atoms with van der Waals surface area (Å²) in [6, 6.07) is 7.94. The third kappa shape index (κ3) is 6.62. The van der Waals surface area contributed by atoms with E-state index in [-0.39, 0.29) is 29.8 Å². The number of methoxy groups -OCH3 is 1. The number of thioether (sulfide) groups is 1. The number of nitrogens with zero attached hydrogens (tertiary/aromatic N) is 4. The summed E-state index contributed by atoms with van der Waals surface area (Å²) in [7, 11) is 3.18. The number of aromatic nitrogens is 2. The monoisotopic (exact) mass is 526 g/mol. The van der Waals surface area contributed by atoms with Crippen LogP contribution in [-0.2, 0) is 47.3 Å². The second-order valence-electron chi connectivity index (χ2n) is 10.2. The maximum absolute atomic E-state index is 13.2. The van der Waals surface area contributed by atoms with Gasteiger partial charge >= 0.3 is 5.97 Å². The van der Waals surface area contributed by atoms with E-state index in [1.165, 1.54) is 13.5 Å². The molecular weight excluding hydrogens is 488 g/mol. The average Bonchev–Trinajstić information content (AvgIpc) is 2.88. The molecule has 2 aliphatic heterocycles. The Balaban J connectivity index is 1.30. The molecule has 2 aromatic rings. The van der Waals surface area contributed by atoms with Crippen molar-refractivity contribution < 1.29 is 14.3 Å². The van der Waals surface area contributed by atoms with E-state index < -0.39 is 0 Å². The van der Waals surface area contributed by atoms with Gasteiger partial charge in [-0.3, -0.25) is 23.9 Å². The van der Waals surface area contributed by atoms with Gasteiger partial charge in [-0.2, -0.15) is 0 Å². The lowest BCUT2D eigenvalue weighted by atomic mass is 9.95. The van der Waals surface area contributed by atoms with Crippen LogP contribution in [0.5, 0.6) is 0 Å². The zero-order valence-corrected chi connectivity index (χ0v) is 23.2. The summed E-state index contributed by atoms with van der Waals surface area (Å²) in [5, 5.41) is 1.19. The molecule has 0 bridgehead atoms. The van der Waals surface area contributed by atoms with Crippen molar-refractivity contribution >= 4 is 23.6 Å². The van der Waals surface area contributed by atoms with Crippen molar-refractivity contribution in [2.75, 3.05) is 26.7 Å². The second kappa shape index (κ2) is 12.3. The SMILES string of the molecule is CCCCC(C)Sc1nc2c(c(=O)n1C)CN(C(=O)C1CN(Cc3ccc(CC(=O)OC)cc3)C1)CC2. The highest BCUT2D eigenvalue weighted by Gasteiger charge is 2.37. The van der Waals surface area contributed by atoms with Crippen LogP contribution in [0, 0.1) is 5.92 Å². The lowest BCUT2D eigenvalue weighted by Gasteiger charge is -2.41. The quantitative estimate of drug-likeness (QED) is 0.267. The van der Waals surface area contributed by atoms with Gasteiger partial charge < -0.3 is 9.64 Å². The van der Waals surface area contributed by atoms with Crippen molar-refractivity contribution in [1.82, 2.24) is 19.4 Å². The number of ether oxygens (including phenoxy) is 1. The molecule has 9 heteroatoms. The Bertz CT molecular complexity index is 1170. The minimum absolute atomic E-state index is 0.0291. The molecule has 200 valence electrons. The topological polar surface area (TPSA) is 84.7 Å². The average molecular weight is 527 g/mol. The minimum Gasteiger partial charge on any atom is -0.469 e. The van der Waals surface area contributed by atoms with Crippen molar-refractivity contribution in [1.29, 1.82) is 0 Å². The molecule has 2 aliphatic rings. The van der Waals surface area contributed by atoms with Gasteiger partial charge in [0.15, 0.2) is 5.16 Å². The summed E-state index contributed by atoms with van der Waals surface area (Å²) in [6.45, 7) is 7.54. The number of rotatable bonds is 10. The molecule has 0 radical (unpaired) electrons. The van der Waals surface area contributed by atoms with Crippen molar-refractivity contribution in [2.24, 2.45) is 13.0 Å². The molecule has 3 heterocycles. The molecule has 1 atom stereocenters. The predicted octanol–water partition coefficient (Wildman–Crippen LogP) is 3.18. The van der Waals surface area contributed by atoms with Gasteiger partial charge in [0.2, 0.25) is 5.91 Å². The van der Waals surface area contributed by atoms with E-state index in [4.69, 9.17) is 9.72 Å². The first kappa shape index (κ1) is 27.4. The van der Waals surface area contributed by atoms with Gasteiger partial charge in [0.25, 0.3) is 5.56 Å². The standard InChI is InChI=1S/C28H38N4O4S/c1-5-6-7-19(2)37-28-29-24-12-13-32(18-23(24)27(35)30(28)3)26(34)22-16-31(17-22)15-21-10-8-20(9-11-21)14-25(33)36-4/h8-11,19,22H,5-7,12-18H2,1-4H3. The number of fused-ring (bicyclic) bond motifs is 1. The Morgan fingerprint density at radius 2 is 1.89 bits per heavy atom. The van der Waals surface area contributed by atoms with E-state index in [9.17, 15) is 14.4 Å². The van der Waals surface area contributed by atoms with Crippen LogP contribution in [0.2, 0.25) is 0 Å². The summed E-state index contributed by atoms with van der Waals surface area (Å²) < 4.78 is 6.37. The maximum atomic E-state index is 13.2. The lowest BCUT2D eigenvalue weighted by Crippen LogP contribution is -2.55. The molecular formula is C28H38N4O4S. The van der Waals surface area contributed by atoms with Crippen molar-refractivity contribution in [3.05, 3.63) is 57.0 Å². The number of carbonyl (C=O) groups is 2. The fraction of sp³-hybridized carbons (Fsp3) is 0.571. The Morgan fingerprint density at radius 3 is 2.57 bits per heavy atom. The number of unbranched alkanes of at least 4 members (excludes halogenated alkanes) is 1. The summed E-state index contributed by atoms with van der Waals surface area (Å²) in [6.07, 6.45) is 4.34. The number of carbonyl (C=O) groups excluding carboxylic acids is 2. The molecule has 0 aliphatic carbocycles. The number of amides is 1. The number of hydrogen-bond acceptors (Lipinski definition) is 7. The molecule has 1 unspecified atom stereocenters. The van der Waals surface area contributed by atoms with Crippen LogP contribution in [0.15, 0.2) is 34.2 Å². The van der Waals surface area contributed by atoms with Crippen molar-refractivity contribution in [3.8, 4) is 0 Å². The van der Waals surface area contributed by atoms with E-state index in [1.807, 2.05) is 29.2 Å². The fourth-order valence-electron chi connectivity index (χ4n) is 4.94. The molecule has 8 nitrogen and oxygen atoms in total. The smallest absolute Gasteiger partial charge is 0.309 e. The zero-order chi connectivity index (χ0) is 26.5. The van der Waals surface area contributed by atoms with Crippen LogP contribution in [0.25, 0.3) is 0 Å². The van der Waals surface area contributed by atoms with E-state index in [2.05, 4.69) is 18.7 Å². The van der Waals surface area contributed by atoms with E-state index in [0.29, 0.717) is 43.4 Å². The lowest BCUT2D eigenvalue weighted by molar-refractivity contribution is -0.142. The van der Waals surface area contributed by atoms with Crippen LogP contribution in [0.1, 0.15) is 55.5 Å². The number of esters is 1. The third-order valence-electron chi connectivity index (χ3n) is 7.29. The van der Waals surface area contributed by atoms with Crippen LogP contribution >= 0.6 is 11.8 Å². The van der Waals surface area contributed by atoms with Crippen LogP contribution < -0.4 is 5.56 Å². The Morgan fingerprint density at radius 1 is 1.19 bits per heavy atom. The van der Waals surface area contributed by atoms with Gasteiger partial charge in [0.1, 0.15) is 0 Å². The molecule has 4 rings (SSSR count). The molecule has 0 saturated carbocycles. The highest BCUT2D eigenvalue weighted by atomic mass is 32.2. The van der Waals surface area contributed by atoms with E-state index in [0.717, 1.165) is 41.4 Å². The van der Waals surface area contributed by atoms with Crippen LogP contribution in [-0.4, -0.2) is 63.2 Å². The summed E-state index contributed by atoms with van der Waals surface area (Å²) >= 11 is 1.67. The van der Waals surface area contributed by atoms with Gasteiger partial charge in [-0.1, -0.05) is 62.7 Å². The highest BCUT2D eigenvalue weighted by Crippen LogP contribution is 2.27. The molecule has 1 fully saturated rings. The van der Waals surface area contributed by atoms with Crippen LogP contribution in [0.4, 0.5) is 0 Å². The van der Waals surface area contributed by atoms with Crippen molar-refractivity contribution in [3.63, 3.8) is 0 Å². The first-order valence-corrected chi connectivity index (χ1v) is 14.1. The van der Waals surface area contributed by atoms with Gasteiger partial charge in [0, 0.05) is 44.9 Å². The predicted molar refractivity (Wildman–Crippen MR) is 144 cm³/mol. The third-order valence-corrected chi connectivity index (χ3v) is 8.50. The van der Waals surface area contributed by atoms with E-state index >= 15 is 0 Å². The molecule has 1 amide bonds. The van der Waals surface area contributed by atoms with Gasteiger partial charge in [-0.15, -0.1) is 0 Å². The maximum Gasteiger partial charge on any atom is 0.309 e. The second-order valence-corrected chi connectivity index (χ2v) is 11.6. The van der Waals surface area contributed by atoms with Gasteiger partial charge in [-0.05, 0) is 17.5 Å². The molecule has 0 N–H and O–H groups in total. The largest absolute Gasteiger partial charge is 0.469 e. The molecule has 0 spiro atoms. The van der Waals surface area contributed by atoms with Gasteiger partial charge in [-0.25, -0.2) is 4.98 Å². The van der Waals surface area contributed by atoms with E-state index in [1.54, 1.807) is 23.4 Å². The first-order valence-electron chi connectivity index (χ1n) is 13.2. The summed E-state index contributed by atoms with van der Waals surface area (Å²) in [4.78, 5) is 46.7. The molecule has 37 heavy (non-hydrogen) atoms. The Hall–Kier alpha value is -2.65. The first-order chi connectivity index (χ1) is 17.8. The molecule has 1 aromatic carbocycles. The summed E-state index contributed by atoms with van der Waals surface area (Å²) in [5.74, 6) is -0.155. The number of likely N-dealkylation sites (tertiary alicyclic amines) is 1. The normalized spacial score (nSPS) is 16.7. The molecule has 1 aromatic heterocycles. The fourth-order valence-corrected chi connectivity index (χ4v) is 5.99.